The van der Waals surface area contributed by atoms with E-state index in [-0.39, 0.29) is 5.75 Å². The summed E-state index contributed by atoms with van der Waals surface area (Å²) >= 11 is 8.06. The van der Waals surface area contributed by atoms with E-state index in [1.165, 1.54) is 25.7 Å². The van der Waals surface area contributed by atoms with Gasteiger partial charge in [0.05, 0.1) is 0 Å². The molecule has 0 amide bonds. The predicted molar refractivity (Wildman–Crippen MR) is 79.5 cm³/mol. The lowest BCUT2D eigenvalue weighted by Crippen LogP contribution is -2.34. The Morgan fingerprint density at radius 2 is 2.28 bits per heavy atom. The molecule has 1 fully saturated rings. The average molecular weight is 286 g/mol. The number of phenols is 1. The molecular formula is C14H20ClNOS. The summed E-state index contributed by atoms with van der Waals surface area (Å²) in [5.74, 6) is 0.284. The van der Waals surface area contributed by atoms with Crippen molar-refractivity contribution in [2.45, 2.75) is 43.5 Å². The first-order valence-electron chi connectivity index (χ1n) is 6.43. The van der Waals surface area contributed by atoms with Gasteiger partial charge in [0, 0.05) is 28.4 Å². The van der Waals surface area contributed by atoms with E-state index in [0.29, 0.717) is 17.6 Å². The summed E-state index contributed by atoms with van der Waals surface area (Å²) in [6.45, 7) is 0.650. The highest BCUT2D eigenvalue weighted by molar-refractivity contribution is 7.99. The van der Waals surface area contributed by atoms with Crippen molar-refractivity contribution < 1.29 is 5.11 Å². The first-order chi connectivity index (χ1) is 8.70. The van der Waals surface area contributed by atoms with Gasteiger partial charge in [0.2, 0.25) is 0 Å². The number of aromatic hydroxyl groups is 1. The summed E-state index contributed by atoms with van der Waals surface area (Å²) in [6.07, 6.45) is 7.25. The third-order valence-electron chi connectivity index (χ3n) is 3.62. The fraction of sp³-hybridized carbons (Fsp3) is 0.571. The van der Waals surface area contributed by atoms with Gasteiger partial charge in [0.25, 0.3) is 0 Å². The van der Waals surface area contributed by atoms with Gasteiger partial charge in [-0.1, -0.05) is 24.1 Å². The number of hydrogen-bond acceptors (Lipinski definition) is 3. The Hall–Kier alpha value is -0.380. The maximum atomic E-state index is 9.79. The molecule has 1 aromatic rings. The van der Waals surface area contributed by atoms with Crippen LogP contribution < -0.4 is 5.32 Å². The Morgan fingerprint density at radius 1 is 1.44 bits per heavy atom. The molecule has 0 heterocycles. The second kappa shape index (κ2) is 6.69. The molecule has 4 heteroatoms. The third-order valence-corrected chi connectivity index (χ3v) is 5.07. The molecule has 0 radical (unpaired) electrons. The molecule has 2 N–H and O–H groups in total. The zero-order valence-electron chi connectivity index (χ0n) is 10.7. The van der Waals surface area contributed by atoms with E-state index in [2.05, 4.69) is 11.6 Å². The molecule has 1 aliphatic rings. The molecule has 2 nitrogen and oxygen atoms in total. The van der Waals surface area contributed by atoms with Crippen molar-refractivity contribution in [3.05, 3.63) is 28.8 Å². The van der Waals surface area contributed by atoms with Crippen LogP contribution in [0, 0.1) is 0 Å². The van der Waals surface area contributed by atoms with Gasteiger partial charge in [-0.2, -0.15) is 11.8 Å². The van der Waals surface area contributed by atoms with Crippen LogP contribution >= 0.6 is 23.4 Å². The average Bonchev–Trinajstić information content (AvgIpc) is 2.38. The fourth-order valence-electron chi connectivity index (χ4n) is 2.51. The summed E-state index contributed by atoms with van der Waals surface area (Å²) in [5, 5.41) is 14.7. The van der Waals surface area contributed by atoms with Gasteiger partial charge in [-0.05, 0) is 37.7 Å². The van der Waals surface area contributed by atoms with E-state index in [1.807, 2.05) is 17.8 Å². The first kappa shape index (κ1) is 14.0. The van der Waals surface area contributed by atoms with Crippen molar-refractivity contribution in [1.29, 1.82) is 0 Å². The highest BCUT2D eigenvalue weighted by Gasteiger charge is 2.21. The van der Waals surface area contributed by atoms with Crippen LogP contribution in [-0.4, -0.2) is 22.7 Å². The lowest BCUT2D eigenvalue weighted by Gasteiger charge is -2.29. The van der Waals surface area contributed by atoms with Crippen molar-refractivity contribution in [3.8, 4) is 5.75 Å². The van der Waals surface area contributed by atoms with Gasteiger partial charge in [0.15, 0.2) is 0 Å². The van der Waals surface area contributed by atoms with Crippen molar-refractivity contribution in [2.75, 3.05) is 6.26 Å². The zero-order chi connectivity index (χ0) is 13.0. The van der Waals surface area contributed by atoms with Crippen LogP contribution in [0.15, 0.2) is 18.2 Å². The number of benzene rings is 1. The molecule has 2 rings (SSSR count). The molecule has 1 aliphatic carbocycles. The number of nitrogens with one attached hydrogen (secondary N) is 1. The Morgan fingerprint density at radius 3 is 3.00 bits per heavy atom. The van der Waals surface area contributed by atoms with Crippen LogP contribution in [0.4, 0.5) is 0 Å². The van der Waals surface area contributed by atoms with E-state index in [4.69, 9.17) is 11.6 Å². The predicted octanol–water partition coefficient (Wildman–Crippen LogP) is 3.81. The lowest BCUT2D eigenvalue weighted by atomic mass is 9.95. The zero-order valence-corrected chi connectivity index (χ0v) is 12.2. The minimum Gasteiger partial charge on any atom is -0.508 e. The Kier molecular flexibility index (Phi) is 5.22. The smallest absolute Gasteiger partial charge is 0.121 e. The van der Waals surface area contributed by atoms with Crippen LogP contribution in [-0.2, 0) is 6.54 Å². The van der Waals surface area contributed by atoms with Gasteiger partial charge in [-0.3, -0.25) is 0 Å². The van der Waals surface area contributed by atoms with E-state index < -0.39 is 0 Å². The topological polar surface area (TPSA) is 32.3 Å². The van der Waals surface area contributed by atoms with Crippen molar-refractivity contribution in [1.82, 2.24) is 5.32 Å². The van der Waals surface area contributed by atoms with Gasteiger partial charge < -0.3 is 10.4 Å². The Labute approximate surface area is 118 Å². The summed E-state index contributed by atoms with van der Waals surface area (Å²) < 4.78 is 0. The molecule has 1 saturated carbocycles. The molecule has 0 saturated heterocycles. The molecule has 18 heavy (non-hydrogen) atoms. The number of halogens is 1. The maximum absolute atomic E-state index is 9.79. The first-order valence-corrected chi connectivity index (χ1v) is 8.10. The minimum absolute atomic E-state index is 0.284. The highest BCUT2D eigenvalue weighted by atomic mass is 35.5. The molecule has 2 atom stereocenters. The molecule has 0 aromatic heterocycles. The Bertz CT molecular complexity index is 379. The van der Waals surface area contributed by atoms with Crippen LogP contribution in [0.5, 0.6) is 5.75 Å². The molecule has 100 valence electrons. The van der Waals surface area contributed by atoms with Crippen LogP contribution in [0.2, 0.25) is 5.02 Å². The number of rotatable bonds is 4. The SMILES string of the molecule is CSC1CCCC(NCc2c(O)cccc2Cl)C1. The van der Waals surface area contributed by atoms with E-state index in [1.54, 1.807) is 12.1 Å². The number of thioether (sulfide) groups is 1. The molecule has 0 spiro atoms. The summed E-state index contributed by atoms with van der Waals surface area (Å²) in [6, 6.07) is 5.83. The van der Waals surface area contributed by atoms with Crippen molar-refractivity contribution in [3.63, 3.8) is 0 Å². The summed E-state index contributed by atoms with van der Waals surface area (Å²) in [4.78, 5) is 0. The van der Waals surface area contributed by atoms with Crippen molar-refractivity contribution in [2.24, 2.45) is 0 Å². The van der Waals surface area contributed by atoms with E-state index in [9.17, 15) is 5.11 Å². The second-order valence-corrected chi connectivity index (χ2v) is 6.38. The summed E-state index contributed by atoms with van der Waals surface area (Å²) in [7, 11) is 0. The summed E-state index contributed by atoms with van der Waals surface area (Å²) in [5.41, 5.74) is 0.811. The van der Waals surface area contributed by atoms with Crippen LogP contribution in [0.25, 0.3) is 0 Å². The standard InChI is InChI=1S/C14H20ClNOS/c1-18-11-5-2-4-10(8-11)16-9-12-13(15)6-3-7-14(12)17/h3,6-7,10-11,16-17H,2,4-5,8-9H2,1H3. The lowest BCUT2D eigenvalue weighted by molar-refractivity contribution is 0.376. The van der Waals surface area contributed by atoms with Gasteiger partial charge in [0.1, 0.15) is 5.75 Å². The molecule has 1 aromatic carbocycles. The van der Waals surface area contributed by atoms with E-state index >= 15 is 0 Å². The van der Waals surface area contributed by atoms with E-state index in [0.717, 1.165) is 10.8 Å². The highest BCUT2D eigenvalue weighted by Crippen LogP contribution is 2.29. The van der Waals surface area contributed by atoms with Crippen molar-refractivity contribution >= 4 is 23.4 Å². The largest absolute Gasteiger partial charge is 0.508 e. The normalized spacial score (nSPS) is 24.1. The van der Waals surface area contributed by atoms with Crippen LogP contribution in [0.3, 0.4) is 0 Å². The quantitative estimate of drug-likeness (QED) is 0.882. The molecule has 0 aliphatic heterocycles. The Balaban J connectivity index is 1.91. The molecule has 0 bridgehead atoms. The third kappa shape index (κ3) is 3.56. The van der Waals surface area contributed by atoms with Gasteiger partial charge >= 0.3 is 0 Å². The maximum Gasteiger partial charge on any atom is 0.121 e. The minimum atomic E-state index is 0.284. The fourth-order valence-corrected chi connectivity index (χ4v) is 3.58. The monoisotopic (exact) mass is 285 g/mol. The van der Waals surface area contributed by atoms with Gasteiger partial charge in [-0.25, -0.2) is 0 Å². The molecular weight excluding hydrogens is 266 g/mol. The second-order valence-electron chi connectivity index (χ2n) is 4.84. The van der Waals surface area contributed by atoms with Gasteiger partial charge in [-0.15, -0.1) is 0 Å². The molecule has 2 unspecified atom stereocenters. The number of phenolic OH excluding ortho intramolecular Hbond substituents is 1. The number of hydrogen-bond donors (Lipinski definition) is 2. The van der Waals surface area contributed by atoms with Crippen LogP contribution in [0.1, 0.15) is 31.2 Å².